The molecule has 114 valence electrons. The van der Waals surface area contributed by atoms with Gasteiger partial charge in [-0.05, 0) is 18.9 Å². The van der Waals surface area contributed by atoms with Gasteiger partial charge < -0.3 is 21.1 Å². The molecule has 1 saturated heterocycles. The maximum atomic E-state index is 13.8. The second kappa shape index (κ2) is 5.99. The lowest BCUT2D eigenvalue weighted by Crippen LogP contribution is -2.44. The minimum atomic E-state index is -1.34. The number of piperidine rings is 1. The van der Waals surface area contributed by atoms with Gasteiger partial charge in [0, 0.05) is 32.1 Å². The fourth-order valence-corrected chi connectivity index (χ4v) is 2.57. The lowest BCUT2D eigenvalue weighted by Gasteiger charge is -2.34. The molecule has 1 fully saturated rings. The lowest BCUT2D eigenvalue weighted by atomic mass is 10.0. The number of carbonyl (C=O) groups excluding carboxylic acids is 1. The first-order chi connectivity index (χ1) is 9.88. The van der Waals surface area contributed by atoms with Crippen molar-refractivity contribution in [2.45, 2.75) is 25.8 Å². The molecule has 2 rings (SSSR count). The van der Waals surface area contributed by atoms with E-state index in [0.29, 0.717) is 18.8 Å². The molecule has 0 unspecified atom stereocenters. The van der Waals surface area contributed by atoms with Gasteiger partial charge in [0.05, 0.1) is 16.9 Å². The standard InChI is InChI=1S/C14H18FN3O3/c1-8(19)17-9-2-4-18(5-3-9)13-7-11(15)10(14(20)21)6-12(13)16/h6-7,9H,2-5,16H2,1H3,(H,17,19)(H,20,21). The van der Waals surface area contributed by atoms with Crippen LogP contribution in [-0.2, 0) is 4.79 Å². The third-order valence-electron chi connectivity index (χ3n) is 3.59. The van der Waals surface area contributed by atoms with Crippen LogP contribution in [-0.4, -0.2) is 36.1 Å². The lowest BCUT2D eigenvalue weighted by molar-refractivity contribution is -0.119. The average molecular weight is 295 g/mol. The summed E-state index contributed by atoms with van der Waals surface area (Å²) in [6.45, 7) is 2.73. The fourth-order valence-electron chi connectivity index (χ4n) is 2.57. The minimum Gasteiger partial charge on any atom is -0.478 e. The van der Waals surface area contributed by atoms with Gasteiger partial charge in [-0.15, -0.1) is 0 Å². The molecule has 0 aliphatic carbocycles. The van der Waals surface area contributed by atoms with Crippen molar-refractivity contribution >= 4 is 23.3 Å². The van der Waals surface area contributed by atoms with Crippen LogP contribution >= 0.6 is 0 Å². The van der Waals surface area contributed by atoms with Crippen LogP contribution in [0.25, 0.3) is 0 Å². The highest BCUT2D eigenvalue weighted by molar-refractivity contribution is 5.91. The van der Waals surface area contributed by atoms with Crippen LogP contribution in [0.3, 0.4) is 0 Å². The first-order valence-corrected chi connectivity index (χ1v) is 6.73. The average Bonchev–Trinajstić information content (AvgIpc) is 2.41. The van der Waals surface area contributed by atoms with Crippen LogP contribution in [0, 0.1) is 5.82 Å². The van der Waals surface area contributed by atoms with Crippen LogP contribution in [0.4, 0.5) is 15.8 Å². The van der Waals surface area contributed by atoms with Gasteiger partial charge in [-0.2, -0.15) is 0 Å². The Hall–Kier alpha value is -2.31. The van der Waals surface area contributed by atoms with E-state index in [1.54, 1.807) is 0 Å². The monoisotopic (exact) mass is 295 g/mol. The number of nitrogens with two attached hydrogens (primary N) is 1. The van der Waals surface area contributed by atoms with Crippen LogP contribution in [0.5, 0.6) is 0 Å². The molecule has 0 bridgehead atoms. The summed E-state index contributed by atoms with van der Waals surface area (Å²) in [7, 11) is 0. The summed E-state index contributed by atoms with van der Waals surface area (Å²) in [6.07, 6.45) is 1.47. The van der Waals surface area contributed by atoms with Gasteiger partial charge in [-0.3, -0.25) is 4.79 Å². The molecule has 0 aromatic heterocycles. The number of benzene rings is 1. The van der Waals surface area contributed by atoms with E-state index >= 15 is 0 Å². The molecule has 0 radical (unpaired) electrons. The Morgan fingerprint density at radius 1 is 1.38 bits per heavy atom. The Morgan fingerprint density at radius 2 is 2.00 bits per heavy atom. The number of amides is 1. The highest BCUT2D eigenvalue weighted by Gasteiger charge is 2.23. The maximum absolute atomic E-state index is 13.8. The molecule has 1 heterocycles. The summed E-state index contributed by atoms with van der Waals surface area (Å²) in [5.74, 6) is -2.20. The SMILES string of the molecule is CC(=O)NC1CCN(c2cc(F)c(C(=O)O)cc2N)CC1. The van der Waals surface area contributed by atoms with Crippen LogP contribution in [0.2, 0.25) is 0 Å². The first-order valence-electron chi connectivity index (χ1n) is 6.73. The van der Waals surface area contributed by atoms with E-state index < -0.39 is 17.3 Å². The first kappa shape index (κ1) is 15.1. The van der Waals surface area contributed by atoms with E-state index in [1.807, 2.05) is 4.90 Å². The molecule has 0 saturated carbocycles. The number of nitrogens with zero attached hydrogens (tertiary/aromatic N) is 1. The number of halogens is 1. The summed E-state index contributed by atoms with van der Waals surface area (Å²) in [5, 5.41) is 11.7. The molecular formula is C14H18FN3O3. The van der Waals surface area contributed by atoms with Crippen molar-refractivity contribution in [2.24, 2.45) is 0 Å². The van der Waals surface area contributed by atoms with E-state index in [2.05, 4.69) is 5.32 Å². The molecule has 7 heteroatoms. The van der Waals surface area contributed by atoms with E-state index in [0.717, 1.165) is 25.0 Å². The van der Waals surface area contributed by atoms with Crippen molar-refractivity contribution in [3.63, 3.8) is 0 Å². The van der Waals surface area contributed by atoms with Gasteiger partial charge in [0.1, 0.15) is 5.82 Å². The number of carboxylic acids is 1. The van der Waals surface area contributed by atoms with Crippen molar-refractivity contribution in [1.29, 1.82) is 0 Å². The highest BCUT2D eigenvalue weighted by atomic mass is 19.1. The molecular weight excluding hydrogens is 277 g/mol. The topological polar surface area (TPSA) is 95.7 Å². The van der Waals surface area contributed by atoms with E-state index in [9.17, 15) is 14.0 Å². The normalized spacial score (nSPS) is 15.8. The number of carbonyl (C=O) groups is 2. The molecule has 1 aliphatic heterocycles. The number of carboxylic acid groups (broad SMARTS) is 1. The van der Waals surface area contributed by atoms with E-state index in [-0.39, 0.29) is 17.6 Å². The largest absolute Gasteiger partial charge is 0.478 e. The third kappa shape index (κ3) is 3.42. The Bertz CT molecular complexity index is 569. The van der Waals surface area contributed by atoms with Gasteiger partial charge in [-0.25, -0.2) is 9.18 Å². The van der Waals surface area contributed by atoms with Crippen LogP contribution in [0.1, 0.15) is 30.1 Å². The van der Waals surface area contributed by atoms with Gasteiger partial charge >= 0.3 is 5.97 Å². The van der Waals surface area contributed by atoms with Gasteiger partial charge in [0.15, 0.2) is 0 Å². The molecule has 0 atom stereocenters. The van der Waals surface area contributed by atoms with E-state index in [1.165, 1.54) is 6.92 Å². The summed E-state index contributed by atoms with van der Waals surface area (Å²) in [5.41, 5.74) is 6.15. The molecule has 1 aromatic carbocycles. The van der Waals surface area contributed by atoms with Crippen molar-refractivity contribution in [2.75, 3.05) is 23.7 Å². The number of hydrogen-bond donors (Lipinski definition) is 3. The molecule has 21 heavy (non-hydrogen) atoms. The van der Waals surface area contributed by atoms with E-state index in [4.69, 9.17) is 10.8 Å². The summed E-state index contributed by atoms with van der Waals surface area (Å²) < 4.78 is 13.8. The number of aromatic carboxylic acids is 1. The number of anilines is 2. The van der Waals surface area contributed by atoms with Crippen LogP contribution < -0.4 is 16.0 Å². The molecule has 1 amide bonds. The Kier molecular flexibility index (Phi) is 4.30. The number of hydrogen-bond acceptors (Lipinski definition) is 4. The Morgan fingerprint density at radius 3 is 2.52 bits per heavy atom. The molecule has 1 aliphatic rings. The second-order valence-electron chi connectivity index (χ2n) is 5.16. The Labute approximate surface area is 121 Å². The zero-order valence-corrected chi connectivity index (χ0v) is 11.7. The van der Waals surface area contributed by atoms with Gasteiger partial charge in [0.2, 0.25) is 5.91 Å². The predicted molar refractivity (Wildman–Crippen MR) is 76.8 cm³/mol. The van der Waals surface area contributed by atoms with Crippen molar-refractivity contribution < 1.29 is 19.1 Å². The molecule has 1 aromatic rings. The van der Waals surface area contributed by atoms with Crippen molar-refractivity contribution in [3.8, 4) is 0 Å². The summed E-state index contributed by atoms with van der Waals surface area (Å²) in [6, 6.07) is 2.42. The smallest absolute Gasteiger partial charge is 0.338 e. The Balaban J connectivity index is 2.12. The second-order valence-corrected chi connectivity index (χ2v) is 5.16. The maximum Gasteiger partial charge on any atom is 0.338 e. The fraction of sp³-hybridized carbons (Fsp3) is 0.429. The molecule has 6 nitrogen and oxygen atoms in total. The van der Waals surface area contributed by atoms with Crippen molar-refractivity contribution in [3.05, 3.63) is 23.5 Å². The predicted octanol–water partition coefficient (Wildman–Crippen LogP) is 1.21. The third-order valence-corrected chi connectivity index (χ3v) is 3.59. The molecule has 4 N–H and O–H groups in total. The highest BCUT2D eigenvalue weighted by Crippen LogP contribution is 2.29. The molecule has 0 spiro atoms. The number of nitrogens with one attached hydrogen (secondary N) is 1. The number of nitrogen functional groups attached to an aromatic ring is 1. The minimum absolute atomic E-state index is 0.0650. The zero-order valence-electron chi connectivity index (χ0n) is 11.7. The van der Waals surface area contributed by atoms with Crippen LogP contribution in [0.15, 0.2) is 12.1 Å². The van der Waals surface area contributed by atoms with Gasteiger partial charge in [-0.1, -0.05) is 0 Å². The number of rotatable bonds is 3. The summed E-state index contributed by atoms with van der Waals surface area (Å²) in [4.78, 5) is 23.8. The quantitative estimate of drug-likeness (QED) is 0.728. The summed E-state index contributed by atoms with van der Waals surface area (Å²) >= 11 is 0. The van der Waals surface area contributed by atoms with Crippen molar-refractivity contribution in [1.82, 2.24) is 5.32 Å². The zero-order chi connectivity index (χ0) is 15.6. The van der Waals surface area contributed by atoms with Gasteiger partial charge in [0.25, 0.3) is 0 Å².